The minimum absolute atomic E-state index is 0.103. The third kappa shape index (κ3) is 5.92. The molecule has 30 heavy (non-hydrogen) atoms. The molecule has 3 rings (SSSR count). The molecular weight excluding hydrogens is 384 g/mol. The van der Waals surface area contributed by atoms with Crippen LogP contribution >= 0.6 is 0 Å². The Balaban J connectivity index is 1.58. The van der Waals surface area contributed by atoms with Gasteiger partial charge in [-0.2, -0.15) is 0 Å². The van der Waals surface area contributed by atoms with E-state index in [0.717, 1.165) is 6.42 Å². The number of aromatic nitrogens is 1. The Bertz CT molecular complexity index is 880. The molecule has 0 saturated carbocycles. The Morgan fingerprint density at radius 2 is 2.00 bits per heavy atom. The highest BCUT2D eigenvalue weighted by atomic mass is 16.5. The van der Waals surface area contributed by atoms with E-state index in [9.17, 15) is 14.4 Å². The molecule has 0 aliphatic carbocycles. The fourth-order valence-corrected chi connectivity index (χ4v) is 3.63. The van der Waals surface area contributed by atoms with E-state index in [0.29, 0.717) is 36.4 Å². The zero-order valence-electron chi connectivity index (χ0n) is 17.4. The lowest BCUT2D eigenvalue weighted by atomic mass is 9.96. The summed E-state index contributed by atoms with van der Waals surface area (Å²) in [6, 6.07) is 10.6. The zero-order chi connectivity index (χ0) is 21.5. The number of likely N-dealkylation sites (N-methyl/N-ethyl adjacent to an activating group) is 1. The Kier molecular flexibility index (Phi) is 7.21. The van der Waals surface area contributed by atoms with Crippen LogP contribution < -0.4 is 10.6 Å². The first-order valence-corrected chi connectivity index (χ1v) is 10.2. The fraction of sp³-hybridized carbons (Fsp3) is 0.455. The van der Waals surface area contributed by atoms with Gasteiger partial charge in [-0.15, -0.1) is 0 Å². The van der Waals surface area contributed by atoms with Gasteiger partial charge in [0, 0.05) is 43.6 Å². The summed E-state index contributed by atoms with van der Waals surface area (Å²) in [6.07, 6.45) is 2.17. The van der Waals surface area contributed by atoms with Gasteiger partial charge in [-0.1, -0.05) is 29.8 Å². The van der Waals surface area contributed by atoms with Crippen molar-refractivity contribution in [3.63, 3.8) is 0 Å². The molecule has 0 radical (unpaired) electrons. The van der Waals surface area contributed by atoms with Crippen LogP contribution in [0.15, 0.2) is 40.9 Å². The Labute approximate surface area is 176 Å². The van der Waals surface area contributed by atoms with Crippen LogP contribution in [0.1, 0.15) is 47.5 Å². The molecule has 1 saturated heterocycles. The number of aryl methyl sites for hydroxylation is 1. The van der Waals surface area contributed by atoms with Crippen LogP contribution in [-0.2, 0) is 16.1 Å². The second-order valence-corrected chi connectivity index (χ2v) is 7.79. The highest BCUT2D eigenvalue weighted by Gasteiger charge is 2.27. The van der Waals surface area contributed by atoms with Gasteiger partial charge >= 0.3 is 0 Å². The number of nitrogens with one attached hydrogen (secondary N) is 2. The summed E-state index contributed by atoms with van der Waals surface area (Å²) < 4.78 is 5.01. The van der Waals surface area contributed by atoms with Gasteiger partial charge in [0.05, 0.1) is 6.54 Å². The second-order valence-electron chi connectivity index (χ2n) is 7.79. The topological polar surface area (TPSA) is 105 Å². The Morgan fingerprint density at radius 3 is 2.70 bits per heavy atom. The van der Waals surface area contributed by atoms with E-state index in [-0.39, 0.29) is 36.7 Å². The lowest BCUT2D eigenvalue weighted by Crippen LogP contribution is -2.44. The number of amides is 3. The van der Waals surface area contributed by atoms with Gasteiger partial charge in [0.25, 0.3) is 5.91 Å². The third-order valence-corrected chi connectivity index (χ3v) is 5.31. The summed E-state index contributed by atoms with van der Waals surface area (Å²) in [5.41, 5.74) is 1.24. The summed E-state index contributed by atoms with van der Waals surface area (Å²) in [7, 11) is 1.71. The molecule has 160 valence electrons. The lowest BCUT2D eigenvalue weighted by molar-refractivity contribution is -0.135. The quantitative estimate of drug-likeness (QED) is 0.782. The van der Waals surface area contributed by atoms with Crippen molar-refractivity contribution in [3.05, 3.63) is 53.4 Å². The molecule has 0 bridgehead atoms. The summed E-state index contributed by atoms with van der Waals surface area (Å²) in [5, 5.41) is 9.74. The molecule has 2 heterocycles. The average Bonchev–Trinajstić information content (AvgIpc) is 3.18. The number of hydrogen-bond acceptors (Lipinski definition) is 5. The Hall–Kier alpha value is -3.16. The van der Waals surface area contributed by atoms with Gasteiger partial charge in [0.15, 0.2) is 0 Å². The van der Waals surface area contributed by atoms with Crippen molar-refractivity contribution in [3.8, 4) is 0 Å². The Morgan fingerprint density at radius 1 is 1.23 bits per heavy atom. The van der Waals surface area contributed by atoms with Crippen molar-refractivity contribution in [1.82, 2.24) is 20.7 Å². The number of rotatable bonds is 5. The minimum Gasteiger partial charge on any atom is -0.361 e. The third-order valence-electron chi connectivity index (χ3n) is 5.31. The van der Waals surface area contributed by atoms with E-state index in [1.54, 1.807) is 37.1 Å². The molecule has 0 spiro atoms. The first-order chi connectivity index (χ1) is 14.4. The fourth-order valence-electron chi connectivity index (χ4n) is 3.63. The molecule has 1 aliphatic rings. The number of nitrogens with zero attached hydrogens (tertiary/aromatic N) is 2. The second kappa shape index (κ2) is 10.0. The van der Waals surface area contributed by atoms with Crippen molar-refractivity contribution in [2.24, 2.45) is 5.92 Å². The maximum absolute atomic E-state index is 12.6. The minimum atomic E-state index is -0.406. The van der Waals surface area contributed by atoms with Crippen LogP contribution in [0.2, 0.25) is 0 Å². The van der Waals surface area contributed by atoms with Crippen molar-refractivity contribution in [1.29, 1.82) is 0 Å². The largest absolute Gasteiger partial charge is 0.361 e. The van der Waals surface area contributed by atoms with Crippen molar-refractivity contribution in [2.75, 3.05) is 13.6 Å². The molecule has 2 aromatic rings. The average molecular weight is 412 g/mol. The van der Waals surface area contributed by atoms with Crippen molar-refractivity contribution < 1.29 is 18.9 Å². The van der Waals surface area contributed by atoms with E-state index in [4.69, 9.17) is 4.52 Å². The first-order valence-electron chi connectivity index (χ1n) is 10.2. The molecule has 3 amide bonds. The summed E-state index contributed by atoms with van der Waals surface area (Å²) in [5.74, 6) is -0.144. The molecule has 2 N–H and O–H groups in total. The van der Waals surface area contributed by atoms with Crippen LogP contribution in [-0.4, -0.2) is 47.4 Å². The summed E-state index contributed by atoms with van der Waals surface area (Å²) in [6.45, 7) is 2.48. The highest BCUT2D eigenvalue weighted by molar-refractivity contribution is 5.94. The van der Waals surface area contributed by atoms with Crippen LogP contribution in [0, 0.1) is 12.8 Å². The van der Waals surface area contributed by atoms with Gasteiger partial charge in [-0.25, -0.2) is 0 Å². The molecule has 1 fully saturated rings. The number of benzene rings is 1. The number of carbonyl (C=O) groups is 3. The van der Waals surface area contributed by atoms with Crippen LogP contribution in [0.4, 0.5) is 0 Å². The predicted molar refractivity (Wildman–Crippen MR) is 110 cm³/mol. The SMILES string of the molecule is Cc1cc(CNC(=O)[C@@H]2CCC[C@@H](NC(=O)c3ccccc3)CN(C)C(=O)C2)no1. The molecule has 1 aromatic heterocycles. The standard InChI is InChI=1S/C22H28N4O4/c1-15-11-19(25-30-15)13-23-21(28)17-9-6-10-18(14-26(2)20(27)12-17)24-22(29)16-7-4-3-5-8-16/h3-5,7-8,11,17-18H,6,9-10,12-14H2,1-2H3,(H,23,28)(H,24,29)/t17-,18-/m1/s1. The maximum atomic E-state index is 12.6. The van der Waals surface area contributed by atoms with Gasteiger partial charge < -0.3 is 20.1 Å². The molecular formula is C22H28N4O4. The zero-order valence-corrected chi connectivity index (χ0v) is 17.4. The van der Waals surface area contributed by atoms with Crippen molar-refractivity contribution >= 4 is 17.7 Å². The molecule has 0 unspecified atom stereocenters. The highest BCUT2D eigenvalue weighted by Crippen LogP contribution is 2.19. The predicted octanol–water partition coefficient (Wildman–Crippen LogP) is 2.05. The van der Waals surface area contributed by atoms with Gasteiger partial charge in [0.1, 0.15) is 11.5 Å². The monoisotopic (exact) mass is 412 g/mol. The van der Waals surface area contributed by atoms with E-state index in [1.807, 2.05) is 18.2 Å². The normalized spacial score (nSPS) is 20.1. The first kappa shape index (κ1) is 21.5. The van der Waals surface area contributed by atoms with E-state index >= 15 is 0 Å². The van der Waals surface area contributed by atoms with E-state index in [1.165, 1.54) is 0 Å². The summed E-state index contributed by atoms with van der Waals surface area (Å²) >= 11 is 0. The van der Waals surface area contributed by atoms with Crippen molar-refractivity contribution in [2.45, 2.75) is 45.2 Å². The van der Waals surface area contributed by atoms with Crippen LogP contribution in [0.3, 0.4) is 0 Å². The molecule has 8 nitrogen and oxygen atoms in total. The number of carbonyl (C=O) groups excluding carboxylic acids is 3. The van der Waals surface area contributed by atoms with E-state index in [2.05, 4.69) is 15.8 Å². The van der Waals surface area contributed by atoms with Gasteiger partial charge in [-0.3, -0.25) is 14.4 Å². The summed E-state index contributed by atoms with van der Waals surface area (Å²) in [4.78, 5) is 39.3. The van der Waals surface area contributed by atoms with Gasteiger partial charge in [0.2, 0.25) is 11.8 Å². The molecule has 2 atom stereocenters. The maximum Gasteiger partial charge on any atom is 0.251 e. The smallest absolute Gasteiger partial charge is 0.251 e. The lowest BCUT2D eigenvalue weighted by Gasteiger charge is -2.24. The van der Waals surface area contributed by atoms with E-state index < -0.39 is 5.92 Å². The van der Waals surface area contributed by atoms with Crippen LogP contribution in [0.25, 0.3) is 0 Å². The van der Waals surface area contributed by atoms with Crippen LogP contribution in [0.5, 0.6) is 0 Å². The molecule has 8 heteroatoms. The molecule has 1 aromatic carbocycles. The molecule has 1 aliphatic heterocycles. The van der Waals surface area contributed by atoms with Gasteiger partial charge in [-0.05, 0) is 31.9 Å². The number of hydrogen-bond donors (Lipinski definition) is 2.